The summed E-state index contributed by atoms with van der Waals surface area (Å²) in [5.41, 5.74) is 5.50. The molecule has 0 amide bonds. The van der Waals surface area contributed by atoms with Gasteiger partial charge in [0.1, 0.15) is 17.8 Å². The maximum atomic E-state index is 12.0. The first kappa shape index (κ1) is 27.8. The van der Waals surface area contributed by atoms with E-state index in [0.29, 0.717) is 0 Å². The number of aliphatic hydroxyl groups is 1. The number of hydrogen-bond acceptors (Lipinski definition) is 13. The van der Waals surface area contributed by atoms with Crippen molar-refractivity contribution in [3.8, 4) is 0 Å². The van der Waals surface area contributed by atoms with Crippen molar-refractivity contribution >= 4 is 35.3 Å². The van der Waals surface area contributed by atoms with Gasteiger partial charge in [-0.15, -0.1) is 0 Å². The van der Waals surface area contributed by atoms with Gasteiger partial charge in [0.15, 0.2) is 0 Å². The van der Waals surface area contributed by atoms with E-state index in [1.807, 2.05) is 0 Å². The number of hydrogen-bond donors (Lipinski definition) is 6. The first-order chi connectivity index (χ1) is 15.0. The van der Waals surface area contributed by atoms with Crippen molar-refractivity contribution in [2.45, 2.75) is 32.0 Å². The Bertz CT molecular complexity index is 979. The summed E-state index contributed by atoms with van der Waals surface area (Å²) < 4.78 is 56.6. The highest BCUT2D eigenvalue weighted by Gasteiger charge is 2.45. The molecule has 1 saturated heterocycles. The van der Waals surface area contributed by atoms with Gasteiger partial charge < -0.3 is 44.8 Å². The Morgan fingerprint density at radius 1 is 1.27 bits per heavy atom. The second-order valence-electron chi connectivity index (χ2n) is 6.58. The number of amidine groups is 1. The molecular weight excluding hydrogens is 515 g/mol. The average Bonchev–Trinajstić information content (AvgIpc) is 3.00. The first-order valence-electron chi connectivity index (χ1n) is 8.76. The molecule has 3 unspecified atom stereocenters. The SMILES string of the molecule is C=C(OC(C)=O)[C@H]1C[C@H](N2C=CC(N)=NC2O)O[C@@H]1COP(=O)(O)OP(=O)(O)OP(=O)(O)O. The van der Waals surface area contributed by atoms with Crippen molar-refractivity contribution in [3.63, 3.8) is 0 Å². The van der Waals surface area contributed by atoms with Crippen LogP contribution < -0.4 is 5.73 Å². The van der Waals surface area contributed by atoms with Crippen molar-refractivity contribution < 1.29 is 65.8 Å². The van der Waals surface area contributed by atoms with Crippen molar-refractivity contribution in [1.82, 2.24) is 4.90 Å². The molecular formula is C13H22N3O14P3. The molecule has 2 aliphatic heterocycles. The van der Waals surface area contributed by atoms with E-state index in [2.05, 4.69) is 24.7 Å². The van der Waals surface area contributed by atoms with Crippen LogP contribution in [0.25, 0.3) is 0 Å². The lowest BCUT2D eigenvalue weighted by molar-refractivity contribution is -0.138. The second-order valence-corrected chi connectivity index (χ2v) is 11.0. The lowest BCUT2D eigenvalue weighted by Gasteiger charge is -2.31. The summed E-state index contributed by atoms with van der Waals surface area (Å²) in [5.74, 6) is -1.63. The molecule has 0 spiro atoms. The Labute approximate surface area is 186 Å². The number of nitrogens with two attached hydrogens (primary N) is 1. The minimum Gasteiger partial charge on any atom is -0.431 e. The minimum absolute atomic E-state index is 0.0212. The van der Waals surface area contributed by atoms with Crippen molar-refractivity contribution in [2.24, 2.45) is 16.6 Å². The molecule has 0 aromatic rings. The first-order valence-corrected chi connectivity index (χ1v) is 13.3. The third kappa shape index (κ3) is 8.68. The smallest absolute Gasteiger partial charge is 0.431 e. The van der Waals surface area contributed by atoms with Gasteiger partial charge in [-0.1, -0.05) is 6.58 Å². The van der Waals surface area contributed by atoms with E-state index in [1.165, 1.54) is 17.2 Å². The number of phosphoric acid groups is 3. The van der Waals surface area contributed by atoms with Gasteiger partial charge in [0.05, 0.1) is 12.7 Å². The van der Waals surface area contributed by atoms with Crippen LogP contribution in [0.4, 0.5) is 0 Å². The molecule has 20 heteroatoms. The summed E-state index contributed by atoms with van der Waals surface area (Å²) in [6.45, 7) is 3.89. The number of rotatable bonds is 10. The van der Waals surface area contributed by atoms with Crippen molar-refractivity contribution in [3.05, 3.63) is 24.6 Å². The minimum atomic E-state index is -5.70. The van der Waals surface area contributed by atoms with Crippen LogP contribution in [0.3, 0.4) is 0 Å². The molecule has 188 valence electrons. The summed E-state index contributed by atoms with van der Waals surface area (Å²) in [5, 5.41) is 10.1. The number of aliphatic imine (C=N–C) groups is 1. The predicted octanol–water partition coefficient (Wildman–Crippen LogP) is -0.400. The van der Waals surface area contributed by atoms with E-state index < -0.39 is 60.6 Å². The molecule has 7 N–H and O–H groups in total. The monoisotopic (exact) mass is 537 g/mol. The second kappa shape index (κ2) is 10.4. The maximum Gasteiger partial charge on any atom is 0.490 e. The molecule has 2 aliphatic rings. The molecule has 0 bridgehead atoms. The maximum absolute atomic E-state index is 12.0. The van der Waals surface area contributed by atoms with E-state index >= 15 is 0 Å². The number of ether oxygens (including phenoxy) is 2. The highest BCUT2D eigenvalue weighted by atomic mass is 31.3. The lowest BCUT2D eigenvalue weighted by atomic mass is 9.99. The zero-order chi connectivity index (χ0) is 25.2. The number of aliphatic hydroxyl groups excluding tert-OH is 1. The molecule has 0 aromatic heterocycles. The molecule has 0 radical (unpaired) electrons. The molecule has 0 saturated carbocycles. The molecule has 0 aliphatic carbocycles. The summed E-state index contributed by atoms with van der Waals surface area (Å²) in [6, 6.07) is 0. The highest BCUT2D eigenvalue weighted by Crippen LogP contribution is 2.66. The van der Waals surface area contributed by atoms with Gasteiger partial charge in [0.25, 0.3) is 0 Å². The Balaban J connectivity index is 2.12. The van der Waals surface area contributed by atoms with Crippen molar-refractivity contribution in [2.75, 3.05) is 6.61 Å². The van der Waals surface area contributed by atoms with E-state index in [1.54, 1.807) is 0 Å². The number of phosphoric ester groups is 1. The van der Waals surface area contributed by atoms with Crippen LogP contribution in [0.2, 0.25) is 0 Å². The Morgan fingerprint density at radius 3 is 2.45 bits per heavy atom. The standard InChI is InChI=1S/C13H22N3O14P3/c1-7(27-8(2)17)9-5-12(16-4-3-11(14)15-13(16)18)28-10(9)6-26-32(22,23)30-33(24,25)29-31(19,20)21/h3-4,9-10,12-13,18H,1,5-6H2,2H3,(H2,14,15)(H,22,23)(H,24,25)(H2,19,20,21)/t9-,10-,12-,13?/m1/s1. The number of carbonyl (C=O) groups excluding carboxylic acids is 1. The van der Waals surface area contributed by atoms with Crippen LogP contribution in [0.1, 0.15) is 13.3 Å². The van der Waals surface area contributed by atoms with Crippen LogP contribution >= 0.6 is 23.5 Å². The fraction of sp³-hybridized carbons (Fsp3) is 0.538. The van der Waals surface area contributed by atoms with Crippen LogP contribution in [0, 0.1) is 5.92 Å². The Kier molecular flexibility index (Phi) is 8.79. The molecule has 6 atom stereocenters. The van der Waals surface area contributed by atoms with Gasteiger partial charge >= 0.3 is 29.4 Å². The third-order valence-corrected chi connectivity index (χ3v) is 7.83. The van der Waals surface area contributed by atoms with Crippen LogP contribution in [0.5, 0.6) is 0 Å². The van der Waals surface area contributed by atoms with E-state index in [0.717, 1.165) is 6.92 Å². The van der Waals surface area contributed by atoms with Crippen LogP contribution in [-0.2, 0) is 41.1 Å². The molecule has 0 aromatic carbocycles. The Hall–Kier alpha value is -1.45. The third-order valence-electron chi connectivity index (χ3n) is 4.02. The molecule has 2 heterocycles. The van der Waals surface area contributed by atoms with Gasteiger partial charge in [-0.2, -0.15) is 8.62 Å². The zero-order valence-corrected chi connectivity index (χ0v) is 19.5. The highest BCUT2D eigenvalue weighted by molar-refractivity contribution is 7.66. The quantitative estimate of drug-likeness (QED) is 0.118. The topological polar surface area (TPSA) is 257 Å². The summed E-state index contributed by atoms with van der Waals surface area (Å²) >= 11 is 0. The predicted molar refractivity (Wildman–Crippen MR) is 106 cm³/mol. The van der Waals surface area contributed by atoms with Gasteiger partial charge in [-0.3, -0.25) is 9.32 Å². The van der Waals surface area contributed by atoms with Gasteiger partial charge in [0.2, 0.25) is 6.35 Å². The fourth-order valence-electron chi connectivity index (χ4n) is 2.87. The molecule has 33 heavy (non-hydrogen) atoms. The average molecular weight is 537 g/mol. The summed E-state index contributed by atoms with van der Waals surface area (Å²) in [4.78, 5) is 52.2. The lowest BCUT2D eigenvalue weighted by Crippen LogP contribution is -2.41. The fourth-order valence-corrected chi connectivity index (χ4v) is 5.90. The van der Waals surface area contributed by atoms with E-state index in [4.69, 9.17) is 25.0 Å². The van der Waals surface area contributed by atoms with Gasteiger partial charge in [-0.05, 0) is 6.08 Å². The van der Waals surface area contributed by atoms with E-state index in [-0.39, 0.29) is 18.0 Å². The molecule has 1 fully saturated rings. The zero-order valence-electron chi connectivity index (χ0n) is 16.8. The normalized spacial score (nSPS) is 29.2. The van der Waals surface area contributed by atoms with Gasteiger partial charge in [0, 0.05) is 25.5 Å². The number of nitrogens with zero attached hydrogens (tertiary/aromatic N) is 2. The Morgan fingerprint density at radius 2 is 1.91 bits per heavy atom. The molecule has 17 nitrogen and oxygen atoms in total. The van der Waals surface area contributed by atoms with Gasteiger partial charge in [-0.25, -0.2) is 18.7 Å². The number of carbonyl (C=O) groups is 1. The summed E-state index contributed by atoms with van der Waals surface area (Å²) in [6.07, 6.45) is -0.776. The largest absolute Gasteiger partial charge is 0.490 e. The van der Waals surface area contributed by atoms with Crippen molar-refractivity contribution in [1.29, 1.82) is 0 Å². The van der Waals surface area contributed by atoms with E-state index in [9.17, 15) is 33.4 Å². The van der Waals surface area contributed by atoms with Crippen LogP contribution in [0.15, 0.2) is 29.6 Å². The number of esters is 1. The molecule has 2 rings (SSSR count). The summed E-state index contributed by atoms with van der Waals surface area (Å²) in [7, 11) is -16.7. The van der Waals surface area contributed by atoms with Crippen LogP contribution in [-0.4, -0.2) is 66.7 Å².